The summed E-state index contributed by atoms with van der Waals surface area (Å²) >= 11 is 0. The highest BCUT2D eigenvalue weighted by molar-refractivity contribution is 6.24. The number of carbonyl (C=O) groups is 3. The molecule has 1 aliphatic heterocycles. The summed E-state index contributed by atoms with van der Waals surface area (Å²) in [7, 11) is 3.66. The summed E-state index contributed by atoms with van der Waals surface area (Å²) in [5, 5.41) is 18.4. The van der Waals surface area contributed by atoms with Crippen LogP contribution in [0.1, 0.15) is 56.8 Å². The van der Waals surface area contributed by atoms with E-state index in [2.05, 4.69) is 15.3 Å². The van der Waals surface area contributed by atoms with Crippen LogP contribution in [0.2, 0.25) is 0 Å². The molecule has 11 heteroatoms. The number of hydrogen-bond donors (Lipinski definition) is 3. The van der Waals surface area contributed by atoms with Crippen LogP contribution in [0.15, 0.2) is 53.5 Å². The molecule has 0 spiro atoms. The largest absolute Gasteiger partial charge is 0.444 e. The van der Waals surface area contributed by atoms with Crippen molar-refractivity contribution in [3.63, 3.8) is 0 Å². The van der Waals surface area contributed by atoms with Gasteiger partial charge in [0.25, 0.3) is 5.91 Å². The predicted molar refractivity (Wildman–Crippen MR) is 160 cm³/mol. The van der Waals surface area contributed by atoms with Crippen molar-refractivity contribution in [2.45, 2.75) is 64.1 Å². The summed E-state index contributed by atoms with van der Waals surface area (Å²) in [4.78, 5) is 42.3. The Kier molecular flexibility index (Phi) is 8.05. The van der Waals surface area contributed by atoms with Gasteiger partial charge in [-0.2, -0.15) is 5.10 Å². The molecule has 11 nitrogen and oxygen atoms in total. The smallest absolute Gasteiger partial charge is 0.410 e. The zero-order chi connectivity index (χ0) is 30.2. The van der Waals surface area contributed by atoms with Gasteiger partial charge in [0.2, 0.25) is 0 Å². The van der Waals surface area contributed by atoms with Crippen molar-refractivity contribution >= 4 is 40.6 Å². The maximum atomic E-state index is 13.5. The second kappa shape index (κ2) is 11.6. The second-order valence-corrected chi connectivity index (χ2v) is 12.1. The molecule has 2 fully saturated rings. The molecule has 0 atom stereocenters. The van der Waals surface area contributed by atoms with Gasteiger partial charge in [0.15, 0.2) is 6.29 Å². The van der Waals surface area contributed by atoms with Crippen LogP contribution in [0.5, 0.6) is 0 Å². The average molecular weight is 575 g/mol. The van der Waals surface area contributed by atoms with E-state index in [1.54, 1.807) is 28.3 Å². The van der Waals surface area contributed by atoms with E-state index in [4.69, 9.17) is 10.1 Å². The SMILES string of the molecule is C[NH2+]/C=C1/C=C(NC(=O)c2ccc(N3CCC(N(C(=O)OC(C)(C)C)C4CC4)CC3)c3cn(C)nc23)C=C(C=O)C1=N. The van der Waals surface area contributed by atoms with E-state index >= 15 is 0 Å². The fourth-order valence-electron chi connectivity index (χ4n) is 5.68. The topological polar surface area (TPSA) is 137 Å². The highest BCUT2D eigenvalue weighted by Crippen LogP contribution is 2.36. The third kappa shape index (κ3) is 6.15. The number of ether oxygens (including phenoxy) is 1. The van der Waals surface area contributed by atoms with E-state index in [0.29, 0.717) is 28.6 Å². The van der Waals surface area contributed by atoms with Crippen molar-refractivity contribution < 1.29 is 24.4 Å². The number of rotatable bonds is 7. The minimum Gasteiger partial charge on any atom is -0.444 e. The number of amides is 2. The number of aldehydes is 1. The first-order valence-electron chi connectivity index (χ1n) is 14.5. The minimum atomic E-state index is -0.526. The average Bonchev–Trinajstić information content (AvgIpc) is 3.68. The number of aryl methyl sites for hydroxylation is 1. The van der Waals surface area contributed by atoms with E-state index < -0.39 is 5.60 Å². The Bertz CT molecular complexity index is 1520. The molecule has 222 valence electrons. The van der Waals surface area contributed by atoms with E-state index in [1.807, 2.05) is 52.0 Å². The molecule has 2 aromatic rings. The van der Waals surface area contributed by atoms with Crippen LogP contribution >= 0.6 is 0 Å². The number of fused-ring (bicyclic) bond motifs is 1. The van der Waals surface area contributed by atoms with Crippen molar-refractivity contribution in [2.75, 3.05) is 25.0 Å². The van der Waals surface area contributed by atoms with Gasteiger partial charge < -0.3 is 25.2 Å². The molecule has 4 N–H and O–H groups in total. The summed E-state index contributed by atoms with van der Waals surface area (Å²) in [6, 6.07) is 4.15. The number of aromatic nitrogens is 2. The molecule has 5 rings (SSSR count). The van der Waals surface area contributed by atoms with Crippen LogP contribution in [-0.2, 0) is 16.6 Å². The van der Waals surface area contributed by atoms with Crippen LogP contribution in [0.25, 0.3) is 10.9 Å². The third-order valence-electron chi connectivity index (χ3n) is 7.69. The molecule has 0 bridgehead atoms. The summed E-state index contributed by atoms with van der Waals surface area (Å²) in [6.45, 7) is 7.25. The zero-order valence-corrected chi connectivity index (χ0v) is 24.9. The van der Waals surface area contributed by atoms with E-state index in [-0.39, 0.29) is 35.4 Å². The molecule has 42 heavy (non-hydrogen) atoms. The Morgan fingerprint density at radius 3 is 2.45 bits per heavy atom. The van der Waals surface area contributed by atoms with E-state index in [1.165, 1.54) is 6.08 Å². The number of allylic oxidation sites excluding steroid dienone is 4. The molecule has 1 aromatic carbocycles. The third-order valence-corrected chi connectivity index (χ3v) is 7.69. The van der Waals surface area contributed by atoms with Crippen LogP contribution in [0.4, 0.5) is 10.5 Å². The van der Waals surface area contributed by atoms with E-state index in [0.717, 1.165) is 49.8 Å². The summed E-state index contributed by atoms with van der Waals surface area (Å²) in [6.07, 6.45) is 11.0. The Balaban J connectivity index is 1.34. The monoisotopic (exact) mass is 574 g/mol. The number of nitrogens with two attached hydrogens (primary N) is 1. The highest BCUT2D eigenvalue weighted by atomic mass is 16.6. The minimum absolute atomic E-state index is 0.118. The fraction of sp³-hybridized carbons (Fsp3) is 0.452. The number of quaternary nitrogens is 1. The Hall–Kier alpha value is -4.25. The number of benzene rings is 1. The Labute approximate surface area is 245 Å². The van der Waals surface area contributed by atoms with Gasteiger partial charge >= 0.3 is 6.09 Å². The van der Waals surface area contributed by atoms with Crippen molar-refractivity contribution in [1.29, 1.82) is 5.41 Å². The summed E-state index contributed by atoms with van der Waals surface area (Å²) in [5.74, 6) is -0.345. The molecule has 1 saturated carbocycles. The number of nitrogens with zero attached hydrogens (tertiary/aromatic N) is 4. The van der Waals surface area contributed by atoms with Crippen LogP contribution in [0.3, 0.4) is 0 Å². The van der Waals surface area contributed by atoms with Gasteiger partial charge in [-0.1, -0.05) is 0 Å². The molecule has 0 unspecified atom stereocenters. The first-order valence-corrected chi connectivity index (χ1v) is 14.5. The summed E-state index contributed by atoms with van der Waals surface area (Å²) in [5.41, 5.74) is 2.79. The maximum absolute atomic E-state index is 13.5. The van der Waals surface area contributed by atoms with Gasteiger partial charge in [-0.25, -0.2) is 4.79 Å². The molecule has 1 saturated heterocycles. The standard InChI is InChI=1S/C31H39N7O4/c1-31(2,3)42-30(41)38(22-6-7-22)23-10-12-37(13-11-23)26-9-8-24(28-25(26)17-36(5)35-28)29(40)34-21-14-19(16-33-4)27(32)20(15-21)18-39/h8-9,14-18,22-23,32-33H,6-7,10-13H2,1-5H3,(H,34,40)/p+1/b19-16-,32-27?. The lowest BCUT2D eigenvalue weighted by atomic mass is 9.97. The lowest BCUT2D eigenvalue weighted by molar-refractivity contribution is -0.556. The highest BCUT2D eigenvalue weighted by Gasteiger charge is 2.41. The number of hydrogen-bond acceptors (Lipinski definition) is 7. The molecule has 2 aliphatic carbocycles. The van der Waals surface area contributed by atoms with Crippen molar-refractivity contribution in [1.82, 2.24) is 20.0 Å². The number of nitrogens with one attached hydrogen (secondary N) is 2. The van der Waals surface area contributed by atoms with Gasteiger partial charge in [-0.05, 0) is 70.7 Å². The lowest BCUT2D eigenvalue weighted by Gasteiger charge is -2.40. The van der Waals surface area contributed by atoms with E-state index in [9.17, 15) is 14.4 Å². The second-order valence-electron chi connectivity index (χ2n) is 12.1. The van der Waals surface area contributed by atoms with Gasteiger partial charge in [0, 0.05) is 60.8 Å². The van der Waals surface area contributed by atoms with Gasteiger partial charge in [-0.15, -0.1) is 0 Å². The normalized spacial score (nSPS) is 19.0. The van der Waals surface area contributed by atoms with Gasteiger partial charge in [0.05, 0.1) is 23.9 Å². The maximum Gasteiger partial charge on any atom is 0.410 e. The quantitative estimate of drug-likeness (QED) is 0.435. The Morgan fingerprint density at radius 1 is 1.14 bits per heavy atom. The first kappa shape index (κ1) is 29.2. The van der Waals surface area contributed by atoms with Crippen molar-refractivity contribution in [2.24, 2.45) is 7.05 Å². The summed E-state index contributed by atoms with van der Waals surface area (Å²) < 4.78 is 7.44. The fourth-order valence-corrected chi connectivity index (χ4v) is 5.68. The predicted octanol–water partition coefficient (Wildman–Crippen LogP) is 2.79. The van der Waals surface area contributed by atoms with Crippen molar-refractivity contribution in [3.05, 3.63) is 59.1 Å². The Morgan fingerprint density at radius 2 is 1.83 bits per heavy atom. The van der Waals surface area contributed by atoms with Crippen LogP contribution in [-0.4, -0.2) is 76.5 Å². The molecular weight excluding hydrogens is 534 g/mol. The molecule has 2 amide bonds. The molecule has 1 aromatic heterocycles. The van der Waals surface area contributed by atoms with Crippen LogP contribution < -0.4 is 15.5 Å². The first-order chi connectivity index (χ1) is 20.0. The molecule has 0 radical (unpaired) electrons. The number of carbonyl (C=O) groups excluding carboxylic acids is 3. The molecule has 2 heterocycles. The van der Waals surface area contributed by atoms with Gasteiger partial charge in [0.1, 0.15) is 17.3 Å². The molecule has 3 aliphatic rings. The number of piperidine rings is 1. The van der Waals surface area contributed by atoms with Gasteiger partial charge in [-0.3, -0.25) is 19.7 Å². The lowest BCUT2D eigenvalue weighted by Crippen LogP contribution is -2.73. The number of anilines is 1. The molecular formula is C31H40N7O4+. The van der Waals surface area contributed by atoms with Crippen molar-refractivity contribution in [3.8, 4) is 0 Å². The zero-order valence-electron chi connectivity index (χ0n) is 24.9. The van der Waals surface area contributed by atoms with Crippen LogP contribution in [0, 0.1) is 5.41 Å².